The molecule has 256 valence electrons. The average molecular weight is 683 g/mol. The highest BCUT2D eigenvalue weighted by molar-refractivity contribution is 5.87. The maximum absolute atomic E-state index is 2.44. The number of hydrogen-bond donors (Lipinski definition) is 0. The minimum atomic E-state index is -0.0725. The normalized spacial score (nSPS) is 18.8. The van der Waals surface area contributed by atoms with E-state index >= 15 is 0 Å². The Morgan fingerprint density at radius 2 is 1.32 bits per heavy atom. The van der Waals surface area contributed by atoms with E-state index in [1.54, 1.807) is 0 Å². The van der Waals surface area contributed by atoms with Gasteiger partial charge in [0.15, 0.2) is 0 Å². The van der Waals surface area contributed by atoms with Crippen LogP contribution >= 0.6 is 0 Å². The van der Waals surface area contributed by atoms with Gasteiger partial charge in [0, 0.05) is 51.4 Å². The third kappa shape index (κ3) is 5.24. The van der Waals surface area contributed by atoms with E-state index in [0.29, 0.717) is 11.8 Å². The van der Waals surface area contributed by atoms with E-state index in [2.05, 4.69) is 206 Å². The molecule has 0 spiro atoms. The van der Waals surface area contributed by atoms with Gasteiger partial charge in [-0.1, -0.05) is 135 Å². The summed E-state index contributed by atoms with van der Waals surface area (Å²) >= 11 is 0. The molecule has 2 nitrogen and oxygen atoms in total. The Kier molecular flexibility index (Phi) is 7.47. The van der Waals surface area contributed by atoms with E-state index in [9.17, 15) is 0 Å². The van der Waals surface area contributed by atoms with Crippen LogP contribution in [0.3, 0.4) is 0 Å². The van der Waals surface area contributed by atoms with Crippen molar-refractivity contribution in [1.82, 2.24) is 0 Å². The summed E-state index contributed by atoms with van der Waals surface area (Å²) in [5.74, 6) is 0.750. The lowest BCUT2D eigenvalue weighted by molar-refractivity contribution is 0.660. The van der Waals surface area contributed by atoms with E-state index < -0.39 is 0 Å². The topological polar surface area (TPSA) is 6.48 Å². The standard InChI is InChI=1S/C51H42N2/c1-51(2)47-19-11-9-17-43(47)44-31-30-42(34-48(44)51)52(40-26-21-36(22-27-40)35-13-5-3-6-14-35)41-28-23-37(24-29-41)38-25-32-50-46(33-38)45-18-10-12-20-49(45)53(50)39-15-7-4-8-16-39/h3-13,15-32,34-35,46H,14,33H2,1-2H3. The summed E-state index contributed by atoms with van der Waals surface area (Å²) < 4.78 is 0. The maximum Gasteiger partial charge on any atom is 0.0497 e. The lowest BCUT2D eigenvalue weighted by atomic mass is 9.82. The van der Waals surface area contributed by atoms with Crippen LogP contribution < -0.4 is 9.80 Å². The Bertz CT molecular complexity index is 2480. The van der Waals surface area contributed by atoms with Gasteiger partial charge in [-0.15, -0.1) is 0 Å². The first kappa shape index (κ1) is 31.6. The zero-order chi connectivity index (χ0) is 35.5. The fraction of sp³-hybridized carbons (Fsp3) is 0.137. The fourth-order valence-corrected chi connectivity index (χ4v) is 9.20. The minimum absolute atomic E-state index is 0.0725. The van der Waals surface area contributed by atoms with Gasteiger partial charge >= 0.3 is 0 Å². The van der Waals surface area contributed by atoms with Gasteiger partial charge in [-0.2, -0.15) is 0 Å². The molecule has 6 aromatic rings. The molecule has 0 aromatic heterocycles. The number of hydrogen-bond acceptors (Lipinski definition) is 2. The van der Waals surface area contributed by atoms with Gasteiger partial charge < -0.3 is 9.80 Å². The molecular formula is C51H42N2. The van der Waals surface area contributed by atoms with Crippen LogP contribution in [0.5, 0.6) is 0 Å². The molecule has 1 aliphatic heterocycles. The molecule has 0 radical (unpaired) electrons. The largest absolute Gasteiger partial charge is 0.313 e. The van der Waals surface area contributed by atoms with Crippen molar-refractivity contribution in [3.05, 3.63) is 216 Å². The lowest BCUT2D eigenvalue weighted by Crippen LogP contribution is -2.16. The quantitative estimate of drug-likeness (QED) is 0.173. The van der Waals surface area contributed by atoms with E-state index in [1.807, 2.05) is 0 Å². The van der Waals surface area contributed by atoms with E-state index in [1.165, 1.54) is 67.3 Å². The number of fused-ring (bicyclic) bond motifs is 6. The van der Waals surface area contributed by atoms with Gasteiger partial charge in [0.2, 0.25) is 0 Å². The summed E-state index contributed by atoms with van der Waals surface area (Å²) in [5.41, 5.74) is 18.2. The number of anilines is 5. The summed E-state index contributed by atoms with van der Waals surface area (Å²) in [6, 6.07) is 54.1. The van der Waals surface area contributed by atoms with Crippen LogP contribution in [0.2, 0.25) is 0 Å². The molecule has 0 bridgehead atoms. The molecule has 3 aliphatic carbocycles. The second-order valence-corrected chi connectivity index (χ2v) is 15.3. The Labute approximate surface area is 313 Å². The van der Waals surface area contributed by atoms with Gasteiger partial charge in [0.05, 0.1) is 0 Å². The molecule has 2 unspecified atom stereocenters. The molecule has 0 N–H and O–H groups in total. The molecule has 0 amide bonds. The first-order valence-corrected chi connectivity index (χ1v) is 19.0. The van der Waals surface area contributed by atoms with Crippen molar-refractivity contribution in [3.8, 4) is 11.1 Å². The van der Waals surface area contributed by atoms with Crippen LogP contribution in [-0.4, -0.2) is 0 Å². The predicted molar refractivity (Wildman–Crippen MR) is 223 cm³/mol. The van der Waals surface area contributed by atoms with E-state index in [4.69, 9.17) is 0 Å². The van der Waals surface area contributed by atoms with Crippen LogP contribution in [0, 0.1) is 0 Å². The first-order chi connectivity index (χ1) is 26.0. The smallest absolute Gasteiger partial charge is 0.0497 e. The zero-order valence-electron chi connectivity index (χ0n) is 30.3. The van der Waals surface area contributed by atoms with Crippen LogP contribution in [0.25, 0.3) is 16.7 Å². The van der Waals surface area contributed by atoms with Gasteiger partial charge in [-0.25, -0.2) is 0 Å². The zero-order valence-corrected chi connectivity index (χ0v) is 30.3. The van der Waals surface area contributed by atoms with Crippen LogP contribution in [0.4, 0.5) is 28.4 Å². The summed E-state index contributed by atoms with van der Waals surface area (Å²) in [5, 5.41) is 0. The highest BCUT2D eigenvalue weighted by atomic mass is 15.2. The molecule has 10 rings (SSSR count). The molecule has 0 saturated carbocycles. The Morgan fingerprint density at radius 1 is 0.623 bits per heavy atom. The molecule has 4 aliphatic rings. The molecule has 6 aromatic carbocycles. The van der Waals surface area contributed by atoms with Gasteiger partial charge in [-0.3, -0.25) is 0 Å². The monoisotopic (exact) mass is 682 g/mol. The van der Waals surface area contributed by atoms with Crippen molar-refractivity contribution in [2.75, 3.05) is 9.80 Å². The Morgan fingerprint density at radius 3 is 2.11 bits per heavy atom. The van der Waals surface area contributed by atoms with Crippen molar-refractivity contribution in [3.63, 3.8) is 0 Å². The van der Waals surface area contributed by atoms with Crippen LogP contribution in [0.1, 0.15) is 66.3 Å². The van der Waals surface area contributed by atoms with Crippen molar-refractivity contribution in [2.24, 2.45) is 0 Å². The molecule has 2 heteroatoms. The third-order valence-electron chi connectivity index (χ3n) is 11.9. The Hall–Kier alpha value is -6.12. The second-order valence-electron chi connectivity index (χ2n) is 15.3. The van der Waals surface area contributed by atoms with Crippen molar-refractivity contribution >= 4 is 34.0 Å². The molecule has 0 fully saturated rings. The number of benzene rings is 6. The number of rotatable bonds is 6. The van der Waals surface area contributed by atoms with Crippen molar-refractivity contribution in [1.29, 1.82) is 0 Å². The molecule has 53 heavy (non-hydrogen) atoms. The molecular weight excluding hydrogens is 641 g/mol. The minimum Gasteiger partial charge on any atom is -0.313 e. The molecule has 1 heterocycles. The van der Waals surface area contributed by atoms with E-state index in [-0.39, 0.29) is 5.41 Å². The van der Waals surface area contributed by atoms with Gasteiger partial charge in [0.25, 0.3) is 0 Å². The third-order valence-corrected chi connectivity index (χ3v) is 11.9. The summed E-state index contributed by atoms with van der Waals surface area (Å²) in [6.07, 6.45) is 15.6. The summed E-state index contributed by atoms with van der Waals surface area (Å²) in [6.45, 7) is 4.72. The van der Waals surface area contributed by atoms with Crippen LogP contribution in [0.15, 0.2) is 188 Å². The first-order valence-electron chi connectivity index (χ1n) is 19.0. The maximum atomic E-state index is 2.44. The average Bonchev–Trinajstić information content (AvgIpc) is 3.67. The Balaban J connectivity index is 1.02. The van der Waals surface area contributed by atoms with Gasteiger partial charge in [0.1, 0.15) is 0 Å². The number of nitrogens with zero attached hydrogens (tertiary/aromatic N) is 2. The highest BCUT2D eigenvalue weighted by Crippen LogP contribution is 2.53. The highest BCUT2D eigenvalue weighted by Gasteiger charge is 2.37. The number of allylic oxidation sites excluding steroid dienone is 8. The fourth-order valence-electron chi connectivity index (χ4n) is 9.20. The predicted octanol–water partition coefficient (Wildman–Crippen LogP) is 13.7. The summed E-state index contributed by atoms with van der Waals surface area (Å²) in [7, 11) is 0. The lowest BCUT2D eigenvalue weighted by Gasteiger charge is -2.29. The van der Waals surface area contributed by atoms with Gasteiger partial charge in [-0.05, 0) is 118 Å². The summed E-state index contributed by atoms with van der Waals surface area (Å²) in [4.78, 5) is 4.87. The second kappa shape index (κ2) is 12.5. The molecule has 2 atom stereocenters. The van der Waals surface area contributed by atoms with Crippen LogP contribution in [-0.2, 0) is 5.41 Å². The van der Waals surface area contributed by atoms with Crippen molar-refractivity contribution in [2.45, 2.75) is 43.9 Å². The number of para-hydroxylation sites is 2. The van der Waals surface area contributed by atoms with Crippen molar-refractivity contribution < 1.29 is 0 Å². The SMILES string of the molecule is CC1(C)c2ccccc2-c2ccc(N(c3ccc(C4=CC=C5C(C4)c4ccccc4N5c4ccccc4)cc3)c3ccc(C4C=CC=CC4)cc3)cc21. The molecule has 0 saturated heterocycles. The van der Waals surface area contributed by atoms with E-state index in [0.717, 1.165) is 24.2 Å².